The third-order valence-corrected chi connectivity index (χ3v) is 6.70. The molecular formula is C27H31N7O2. The summed E-state index contributed by atoms with van der Waals surface area (Å²) in [5.41, 5.74) is 8.02. The van der Waals surface area contributed by atoms with Crippen molar-refractivity contribution < 1.29 is 9.59 Å². The van der Waals surface area contributed by atoms with Gasteiger partial charge in [-0.05, 0) is 30.2 Å². The van der Waals surface area contributed by atoms with E-state index in [4.69, 9.17) is 15.7 Å². The molecule has 4 aromatic rings. The number of aromatic amines is 1. The van der Waals surface area contributed by atoms with Gasteiger partial charge in [0.25, 0.3) is 5.91 Å². The van der Waals surface area contributed by atoms with Gasteiger partial charge in [0.15, 0.2) is 0 Å². The highest BCUT2D eigenvalue weighted by molar-refractivity contribution is 5.98. The van der Waals surface area contributed by atoms with Crippen LogP contribution in [0.3, 0.4) is 0 Å². The van der Waals surface area contributed by atoms with Crippen LogP contribution in [0.15, 0.2) is 54.6 Å². The molecule has 186 valence electrons. The summed E-state index contributed by atoms with van der Waals surface area (Å²) in [6, 6.07) is 17.0. The Balaban J connectivity index is 1.28. The van der Waals surface area contributed by atoms with Gasteiger partial charge in [0.2, 0.25) is 5.91 Å². The fourth-order valence-corrected chi connectivity index (χ4v) is 4.69. The number of carbonyl (C=O) groups is 2. The summed E-state index contributed by atoms with van der Waals surface area (Å²) in [5.74, 6) is 0.900. The SMILES string of the molecule is CC(C)[C@H](Nc1nc(CN2CCN(C(=O)c3cc4ccccc4[nH]3)CC2)nc2ccccc12)C(N)=O. The fourth-order valence-electron chi connectivity index (χ4n) is 4.69. The third kappa shape index (κ3) is 4.87. The first-order chi connectivity index (χ1) is 17.4. The number of benzene rings is 2. The van der Waals surface area contributed by atoms with E-state index < -0.39 is 11.9 Å². The number of para-hydroxylation sites is 2. The van der Waals surface area contributed by atoms with Crippen LogP contribution in [0.2, 0.25) is 0 Å². The van der Waals surface area contributed by atoms with E-state index in [1.807, 2.05) is 73.3 Å². The first kappa shape index (κ1) is 23.7. The Labute approximate surface area is 209 Å². The van der Waals surface area contributed by atoms with E-state index in [-0.39, 0.29) is 11.8 Å². The highest BCUT2D eigenvalue weighted by atomic mass is 16.2. The molecule has 2 aromatic heterocycles. The maximum absolute atomic E-state index is 13.0. The van der Waals surface area contributed by atoms with Gasteiger partial charge in [0, 0.05) is 42.5 Å². The zero-order valence-electron chi connectivity index (χ0n) is 20.6. The van der Waals surface area contributed by atoms with Crippen LogP contribution in [0, 0.1) is 5.92 Å². The Hall–Kier alpha value is -3.98. The second-order valence-corrected chi connectivity index (χ2v) is 9.61. The quantitative estimate of drug-likeness (QED) is 0.370. The zero-order chi connectivity index (χ0) is 25.2. The maximum Gasteiger partial charge on any atom is 0.270 e. The van der Waals surface area contributed by atoms with Gasteiger partial charge in [-0.2, -0.15) is 0 Å². The summed E-state index contributed by atoms with van der Waals surface area (Å²) in [7, 11) is 0. The standard InChI is InChI=1S/C27H31N7O2/c1-17(2)24(25(28)35)32-26-19-8-4-6-10-21(19)30-23(31-26)16-33-11-13-34(14-12-33)27(36)22-15-18-7-3-5-9-20(18)29-22/h3-10,15,17,24,29H,11-14,16H2,1-2H3,(H2,28,35)(H,30,31,32)/t24-/m0/s1. The minimum absolute atomic E-state index is 0.0163. The number of aromatic nitrogens is 3. The van der Waals surface area contributed by atoms with Crippen molar-refractivity contribution in [3.8, 4) is 0 Å². The lowest BCUT2D eigenvalue weighted by Crippen LogP contribution is -2.48. The van der Waals surface area contributed by atoms with Crippen molar-refractivity contribution in [2.45, 2.75) is 26.4 Å². The number of hydrogen-bond donors (Lipinski definition) is 3. The lowest BCUT2D eigenvalue weighted by atomic mass is 10.0. The molecule has 0 aliphatic carbocycles. The summed E-state index contributed by atoms with van der Waals surface area (Å²) in [6.45, 7) is 7.15. The summed E-state index contributed by atoms with van der Waals surface area (Å²) < 4.78 is 0. The summed E-state index contributed by atoms with van der Waals surface area (Å²) in [5, 5.41) is 5.13. The number of amides is 2. The number of rotatable bonds is 7. The molecule has 9 heteroatoms. The molecule has 4 N–H and O–H groups in total. The van der Waals surface area contributed by atoms with Gasteiger partial charge in [-0.1, -0.05) is 44.2 Å². The normalized spacial score (nSPS) is 15.5. The average Bonchev–Trinajstić information content (AvgIpc) is 3.31. The summed E-state index contributed by atoms with van der Waals surface area (Å²) in [6.07, 6.45) is 0. The van der Waals surface area contributed by atoms with E-state index in [0.717, 1.165) is 34.9 Å². The van der Waals surface area contributed by atoms with E-state index in [0.29, 0.717) is 37.0 Å². The number of nitrogens with one attached hydrogen (secondary N) is 2. The number of hydrogen-bond acceptors (Lipinski definition) is 6. The number of anilines is 1. The van der Waals surface area contributed by atoms with Gasteiger partial charge in [-0.3, -0.25) is 14.5 Å². The van der Waals surface area contributed by atoms with E-state index in [1.54, 1.807) is 0 Å². The largest absolute Gasteiger partial charge is 0.368 e. The fraction of sp³-hybridized carbons (Fsp3) is 0.333. The molecule has 1 aliphatic heterocycles. The molecule has 2 aromatic carbocycles. The first-order valence-corrected chi connectivity index (χ1v) is 12.3. The number of nitrogens with two attached hydrogens (primary N) is 1. The summed E-state index contributed by atoms with van der Waals surface area (Å²) in [4.78, 5) is 41.9. The van der Waals surface area contributed by atoms with E-state index in [9.17, 15) is 9.59 Å². The van der Waals surface area contributed by atoms with Crippen molar-refractivity contribution in [3.63, 3.8) is 0 Å². The lowest BCUT2D eigenvalue weighted by molar-refractivity contribution is -0.119. The molecular weight excluding hydrogens is 454 g/mol. The van der Waals surface area contributed by atoms with Crippen molar-refractivity contribution in [2.75, 3.05) is 31.5 Å². The monoisotopic (exact) mass is 485 g/mol. The van der Waals surface area contributed by atoms with Gasteiger partial charge in [0.05, 0.1) is 12.1 Å². The Morgan fingerprint density at radius 2 is 1.75 bits per heavy atom. The molecule has 36 heavy (non-hydrogen) atoms. The van der Waals surface area contributed by atoms with Gasteiger partial charge < -0.3 is 20.9 Å². The van der Waals surface area contributed by atoms with Crippen LogP contribution in [0.1, 0.15) is 30.2 Å². The molecule has 9 nitrogen and oxygen atoms in total. The highest BCUT2D eigenvalue weighted by Gasteiger charge is 2.25. The molecule has 3 heterocycles. The molecule has 1 atom stereocenters. The Morgan fingerprint density at radius 3 is 2.47 bits per heavy atom. The molecule has 0 spiro atoms. The molecule has 1 fully saturated rings. The maximum atomic E-state index is 13.0. The van der Waals surface area contributed by atoms with Gasteiger partial charge in [-0.25, -0.2) is 9.97 Å². The Kier molecular flexibility index (Phi) is 6.56. The topological polar surface area (TPSA) is 120 Å². The molecule has 0 radical (unpaired) electrons. The number of carbonyl (C=O) groups excluding carboxylic acids is 2. The number of nitrogens with zero attached hydrogens (tertiary/aromatic N) is 4. The molecule has 0 bridgehead atoms. The molecule has 1 aliphatic rings. The number of piperazine rings is 1. The number of primary amides is 1. The highest BCUT2D eigenvalue weighted by Crippen LogP contribution is 2.23. The van der Waals surface area contributed by atoms with Crippen LogP contribution >= 0.6 is 0 Å². The molecule has 5 rings (SSSR count). The summed E-state index contributed by atoms with van der Waals surface area (Å²) >= 11 is 0. The Bertz CT molecular complexity index is 1370. The second kappa shape index (κ2) is 9.94. The predicted octanol–water partition coefficient (Wildman–Crippen LogP) is 2.99. The van der Waals surface area contributed by atoms with Gasteiger partial charge in [-0.15, -0.1) is 0 Å². The van der Waals surface area contributed by atoms with Crippen LogP contribution in [0.4, 0.5) is 5.82 Å². The lowest BCUT2D eigenvalue weighted by Gasteiger charge is -2.34. The van der Waals surface area contributed by atoms with Crippen LogP contribution in [-0.2, 0) is 11.3 Å². The third-order valence-electron chi connectivity index (χ3n) is 6.70. The minimum Gasteiger partial charge on any atom is -0.368 e. The molecule has 2 amide bonds. The van der Waals surface area contributed by atoms with Crippen LogP contribution in [-0.4, -0.2) is 68.8 Å². The number of fused-ring (bicyclic) bond motifs is 2. The van der Waals surface area contributed by atoms with Gasteiger partial charge in [0.1, 0.15) is 23.4 Å². The molecule has 1 saturated heterocycles. The van der Waals surface area contributed by atoms with E-state index in [1.165, 1.54) is 0 Å². The van der Waals surface area contributed by atoms with Crippen LogP contribution in [0.25, 0.3) is 21.8 Å². The molecule has 0 saturated carbocycles. The molecule has 0 unspecified atom stereocenters. The van der Waals surface area contributed by atoms with Gasteiger partial charge >= 0.3 is 0 Å². The van der Waals surface area contributed by atoms with E-state index >= 15 is 0 Å². The van der Waals surface area contributed by atoms with Crippen LogP contribution in [0.5, 0.6) is 0 Å². The van der Waals surface area contributed by atoms with E-state index in [2.05, 4.69) is 15.2 Å². The van der Waals surface area contributed by atoms with Crippen molar-refractivity contribution in [1.82, 2.24) is 24.8 Å². The predicted molar refractivity (Wildman–Crippen MR) is 140 cm³/mol. The van der Waals surface area contributed by atoms with Crippen molar-refractivity contribution in [1.29, 1.82) is 0 Å². The minimum atomic E-state index is -0.532. The average molecular weight is 486 g/mol. The smallest absolute Gasteiger partial charge is 0.270 e. The van der Waals surface area contributed by atoms with Crippen molar-refractivity contribution in [2.24, 2.45) is 11.7 Å². The van der Waals surface area contributed by atoms with Crippen molar-refractivity contribution >= 4 is 39.4 Å². The zero-order valence-corrected chi connectivity index (χ0v) is 20.6. The Morgan fingerprint density at radius 1 is 1.03 bits per heavy atom. The van der Waals surface area contributed by atoms with Crippen molar-refractivity contribution in [3.05, 3.63) is 66.1 Å². The second-order valence-electron chi connectivity index (χ2n) is 9.61. The first-order valence-electron chi connectivity index (χ1n) is 12.3. The van der Waals surface area contributed by atoms with Crippen LogP contribution < -0.4 is 11.1 Å². The number of H-pyrrole nitrogens is 1.